The zero-order valence-electron chi connectivity index (χ0n) is 14.9. The number of halogens is 1. The van der Waals surface area contributed by atoms with Gasteiger partial charge in [0.25, 0.3) is 0 Å². The van der Waals surface area contributed by atoms with E-state index in [-0.39, 0.29) is 11.2 Å². The molecule has 0 fully saturated rings. The number of thioether (sulfide) groups is 1. The topological polar surface area (TPSA) is 50.5 Å². The Kier molecular flexibility index (Phi) is 7.91. The Balaban J connectivity index is 3.09. The lowest BCUT2D eigenvalue weighted by molar-refractivity contribution is -0.118. The van der Waals surface area contributed by atoms with Gasteiger partial charge in [0.05, 0.1) is 23.8 Å². The van der Waals surface area contributed by atoms with Crippen molar-refractivity contribution in [2.75, 3.05) is 18.2 Å². The minimum atomic E-state index is -0.504. The lowest BCUT2D eigenvalue weighted by atomic mass is 10.2. The van der Waals surface area contributed by atoms with Gasteiger partial charge in [0.1, 0.15) is 5.83 Å². The summed E-state index contributed by atoms with van der Waals surface area (Å²) in [6.45, 7) is 8.96. The van der Waals surface area contributed by atoms with Crippen LogP contribution in [0.1, 0.15) is 32.9 Å². The van der Waals surface area contributed by atoms with E-state index in [1.165, 1.54) is 6.08 Å². The second kappa shape index (κ2) is 9.42. The summed E-state index contributed by atoms with van der Waals surface area (Å²) >= 11 is 1.66. The van der Waals surface area contributed by atoms with Gasteiger partial charge in [0.15, 0.2) is 0 Å². The van der Waals surface area contributed by atoms with Gasteiger partial charge in [-0.2, -0.15) is 16.9 Å². The largest absolute Gasteiger partial charge is 0.312 e. The fourth-order valence-corrected chi connectivity index (χ4v) is 2.41. The number of nitrogens with zero attached hydrogens (tertiary/aromatic N) is 4. The monoisotopic (exact) mass is 352 g/mol. The van der Waals surface area contributed by atoms with Gasteiger partial charge in [-0.05, 0) is 32.4 Å². The van der Waals surface area contributed by atoms with Gasteiger partial charge >= 0.3 is 0 Å². The number of aliphatic imine (C=N–C) groups is 1. The molecule has 0 aliphatic rings. The van der Waals surface area contributed by atoms with Crippen LogP contribution >= 0.6 is 11.8 Å². The molecular formula is C17H25FN4OS. The molecule has 1 amide bonds. The first kappa shape index (κ1) is 20.2. The van der Waals surface area contributed by atoms with Crippen LogP contribution in [0.15, 0.2) is 29.3 Å². The van der Waals surface area contributed by atoms with Crippen LogP contribution in [0.5, 0.6) is 0 Å². The Morgan fingerprint density at radius 2 is 2.29 bits per heavy atom. The van der Waals surface area contributed by atoms with Gasteiger partial charge in [-0.15, -0.1) is 0 Å². The molecule has 1 aromatic rings. The number of aromatic nitrogens is 2. The normalized spacial score (nSPS) is 13.8. The highest BCUT2D eigenvalue weighted by molar-refractivity contribution is 7.99. The van der Waals surface area contributed by atoms with Crippen LogP contribution in [-0.4, -0.2) is 41.0 Å². The number of hydrogen-bond acceptors (Lipinski definition) is 4. The second-order valence-corrected chi connectivity index (χ2v) is 6.72. The first-order chi connectivity index (χ1) is 11.3. The summed E-state index contributed by atoms with van der Waals surface area (Å²) in [6.07, 6.45) is 7.24. The lowest BCUT2D eigenvalue weighted by Gasteiger charge is -2.18. The SMILES string of the molecule is C=N/C=C(F)\C=C(/C)n1cc(N(C)C(=O)CC(C)SC)c(CC)n1. The van der Waals surface area contributed by atoms with Crippen molar-refractivity contribution in [3.8, 4) is 0 Å². The standard InChI is InChI=1S/C17H25FN4OS/c1-7-15-16(21(5)17(23)9-13(3)24-6)11-22(20-15)12(2)8-14(18)10-19-4/h8,10-11,13H,4,7,9H2,1-3,5-6H3/b12-8+,14-10+. The number of aryl methyl sites for hydroxylation is 1. The summed E-state index contributed by atoms with van der Waals surface area (Å²) < 4.78 is 15.1. The zero-order chi connectivity index (χ0) is 18.3. The van der Waals surface area contributed by atoms with Crippen LogP contribution in [0.2, 0.25) is 0 Å². The van der Waals surface area contributed by atoms with Gasteiger partial charge in [-0.25, -0.2) is 9.07 Å². The molecule has 0 radical (unpaired) electrons. The van der Waals surface area contributed by atoms with Crippen LogP contribution in [0, 0.1) is 0 Å². The fraction of sp³-hybridized carbons (Fsp3) is 0.471. The third-order valence-corrected chi connectivity index (χ3v) is 4.60. The molecule has 132 valence electrons. The summed E-state index contributed by atoms with van der Waals surface area (Å²) in [5.41, 5.74) is 2.13. The van der Waals surface area contributed by atoms with Crippen LogP contribution in [0.4, 0.5) is 10.1 Å². The lowest BCUT2D eigenvalue weighted by Crippen LogP contribution is -2.28. The zero-order valence-corrected chi connectivity index (χ0v) is 15.7. The molecule has 5 nitrogen and oxygen atoms in total. The molecule has 1 unspecified atom stereocenters. The van der Waals surface area contributed by atoms with Crippen LogP contribution in [0.25, 0.3) is 5.70 Å². The molecule has 1 heterocycles. The van der Waals surface area contributed by atoms with Gasteiger partial charge in [0.2, 0.25) is 5.91 Å². The Morgan fingerprint density at radius 1 is 1.62 bits per heavy atom. The first-order valence-electron chi connectivity index (χ1n) is 7.72. The van der Waals surface area contributed by atoms with Crippen molar-refractivity contribution in [2.24, 2.45) is 4.99 Å². The van der Waals surface area contributed by atoms with Crippen molar-refractivity contribution in [1.29, 1.82) is 0 Å². The molecule has 1 rings (SSSR count). The highest BCUT2D eigenvalue weighted by Gasteiger charge is 2.19. The highest BCUT2D eigenvalue weighted by Crippen LogP contribution is 2.23. The Morgan fingerprint density at radius 3 is 2.83 bits per heavy atom. The smallest absolute Gasteiger partial charge is 0.227 e. The molecule has 1 atom stereocenters. The molecule has 0 saturated heterocycles. The number of carbonyl (C=O) groups excluding carboxylic acids is 1. The van der Waals surface area contributed by atoms with E-state index in [1.807, 2.05) is 20.1 Å². The Hall–Kier alpha value is -1.89. The maximum atomic E-state index is 13.5. The van der Waals surface area contributed by atoms with Crippen molar-refractivity contribution in [3.05, 3.63) is 30.0 Å². The summed E-state index contributed by atoms with van der Waals surface area (Å²) in [6, 6.07) is 0. The maximum absolute atomic E-state index is 13.5. The van der Waals surface area contributed by atoms with Gasteiger partial charge in [0, 0.05) is 24.4 Å². The molecular weight excluding hydrogens is 327 g/mol. The summed E-state index contributed by atoms with van der Waals surface area (Å²) in [7, 11) is 1.75. The summed E-state index contributed by atoms with van der Waals surface area (Å²) in [4.78, 5) is 17.4. The Bertz CT molecular complexity index is 651. The quantitative estimate of drug-likeness (QED) is 0.526. The molecule has 0 bridgehead atoms. The summed E-state index contributed by atoms with van der Waals surface area (Å²) in [5.74, 6) is -0.467. The van der Waals surface area contributed by atoms with Crippen molar-refractivity contribution in [2.45, 2.75) is 38.9 Å². The van der Waals surface area contributed by atoms with Crippen molar-refractivity contribution in [1.82, 2.24) is 9.78 Å². The predicted molar refractivity (Wildman–Crippen MR) is 101 cm³/mol. The van der Waals surface area contributed by atoms with E-state index in [2.05, 4.69) is 16.8 Å². The van der Waals surface area contributed by atoms with Crippen LogP contribution in [0.3, 0.4) is 0 Å². The van der Waals surface area contributed by atoms with E-state index in [0.29, 0.717) is 18.5 Å². The van der Waals surface area contributed by atoms with E-state index in [4.69, 9.17) is 0 Å². The van der Waals surface area contributed by atoms with E-state index < -0.39 is 5.83 Å². The molecule has 7 heteroatoms. The average Bonchev–Trinajstić information content (AvgIpc) is 2.98. The molecule has 0 saturated carbocycles. The van der Waals surface area contributed by atoms with E-state index in [0.717, 1.165) is 17.6 Å². The number of carbonyl (C=O) groups is 1. The van der Waals surface area contributed by atoms with Gasteiger partial charge in [-0.1, -0.05) is 13.8 Å². The Labute approximate surface area is 147 Å². The molecule has 24 heavy (non-hydrogen) atoms. The fourth-order valence-electron chi connectivity index (χ4n) is 2.10. The maximum Gasteiger partial charge on any atom is 0.227 e. The van der Waals surface area contributed by atoms with E-state index >= 15 is 0 Å². The number of amides is 1. The second-order valence-electron chi connectivity index (χ2n) is 5.44. The highest BCUT2D eigenvalue weighted by atomic mass is 32.2. The van der Waals surface area contributed by atoms with Gasteiger partial charge < -0.3 is 4.90 Å². The molecule has 0 aromatic carbocycles. The number of anilines is 1. The predicted octanol–water partition coefficient (Wildman–Crippen LogP) is 3.92. The van der Waals surface area contributed by atoms with Crippen molar-refractivity contribution < 1.29 is 9.18 Å². The molecule has 0 aliphatic heterocycles. The van der Waals surface area contributed by atoms with E-state index in [1.54, 1.807) is 41.5 Å². The average molecular weight is 352 g/mol. The van der Waals surface area contributed by atoms with Crippen molar-refractivity contribution >= 4 is 35.8 Å². The van der Waals surface area contributed by atoms with Crippen molar-refractivity contribution in [3.63, 3.8) is 0 Å². The molecule has 1 aromatic heterocycles. The summed E-state index contributed by atoms with van der Waals surface area (Å²) in [5, 5.41) is 4.71. The van der Waals surface area contributed by atoms with Crippen LogP contribution in [-0.2, 0) is 11.2 Å². The number of allylic oxidation sites excluding steroid dienone is 3. The number of rotatable bonds is 8. The molecule has 0 aliphatic carbocycles. The molecule has 0 N–H and O–H groups in total. The first-order valence-corrected chi connectivity index (χ1v) is 9.00. The van der Waals surface area contributed by atoms with Gasteiger partial charge in [-0.3, -0.25) is 9.79 Å². The minimum Gasteiger partial charge on any atom is -0.312 e. The number of hydrogen-bond donors (Lipinski definition) is 0. The van der Waals surface area contributed by atoms with Crippen LogP contribution < -0.4 is 4.90 Å². The molecule has 0 spiro atoms. The third kappa shape index (κ3) is 5.33. The third-order valence-electron chi connectivity index (χ3n) is 3.63. The minimum absolute atomic E-state index is 0.0367. The van der Waals surface area contributed by atoms with E-state index in [9.17, 15) is 9.18 Å².